The van der Waals surface area contributed by atoms with Gasteiger partial charge in [0.25, 0.3) is 0 Å². The highest BCUT2D eigenvalue weighted by Gasteiger charge is 1.92. The van der Waals surface area contributed by atoms with E-state index in [0.717, 1.165) is 5.56 Å². The minimum Gasteiger partial charge on any atom is -0.359 e. The third kappa shape index (κ3) is 2.98. The zero-order valence-corrected chi connectivity index (χ0v) is 6.92. The second-order valence-corrected chi connectivity index (χ2v) is 2.38. The van der Waals surface area contributed by atoms with Crippen molar-refractivity contribution in [1.29, 1.82) is 0 Å². The second kappa shape index (κ2) is 4.85. The number of halogens is 1. The first kappa shape index (κ1) is 9.16. The molecule has 3 heteroatoms. The molecule has 0 saturated carbocycles. The standard InChI is InChI=1S/C9H11FO2/c1-11-7-12-6-8-2-4-9(10)5-3-8/h2-5H,6-7H2,1H3. The first-order valence-electron chi connectivity index (χ1n) is 3.64. The van der Waals surface area contributed by atoms with Crippen molar-refractivity contribution >= 4 is 0 Å². The summed E-state index contributed by atoms with van der Waals surface area (Å²) in [6.07, 6.45) is 0. The van der Waals surface area contributed by atoms with E-state index in [1.807, 2.05) is 0 Å². The molecule has 0 fully saturated rings. The van der Waals surface area contributed by atoms with Crippen LogP contribution in [-0.4, -0.2) is 13.9 Å². The van der Waals surface area contributed by atoms with Crippen LogP contribution in [-0.2, 0) is 16.1 Å². The van der Waals surface area contributed by atoms with Crippen LogP contribution >= 0.6 is 0 Å². The average Bonchev–Trinajstić information content (AvgIpc) is 2.09. The largest absolute Gasteiger partial charge is 0.359 e. The molecule has 0 spiro atoms. The molecule has 66 valence electrons. The lowest BCUT2D eigenvalue weighted by Gasteiger charge is -2.01. The summed E-state index contributed by atoms with van der Waals surface area (Å²) in [7, 11) is 1.56. The van der Waals surface area contributed by atoms with Crippen LogP contribution in [0, 0.1) is 5.82 Å². The summed E-state index contributed by atoms with van der Waals surface area (Å²) in [4.78, 5) is 0. The molecule has 1 aromatic carbocycles. The Morgan fingerprint density at radius 1 is 1.25 bits per heavy atom. The Morgan fingerprint density at radius 3 is 2.50 bits per heavy atom. The van der Waals surface area contributed by atoms with Gasteiger partial charge in [0.2, 0.25) is 0 Å². The first-order valence-corrected chi connectivity index (χ1v) is 3.64. The molecule has 0 heterocycles. The molecule has 0 bridgehead atoms. The van der Waals surface area contributed by atoms with Crippen molar-refractivity contribution in [2.75, 3.05) is 13.9 Å². The summed E-state index contributed by atoms with van der Waals surface area (Å²) >= 11 is 0. The Balaban J connectivity index is 2.37. The fraction of sp³-hybridized carbons (Fsp3) is 0.333. The summed E-state index contributed by atoms with van der Waals surface area (Å²) in [5.41, 5.74) is 0.938. The van der Waals surface area contributed by atoms with Gasteiger partial charge >= 0.3 is 0 Å². The maximum absolute atomic E-state index is 12.4. The van der Waals surface area contributed by atoms with Gasteiger partial charge in [-0.1, -0.05) is 12.1 Å². The predicted molar refractivity (Wildman–Crippen MR) is 43.1 cm³/mol. The molecule has 0 radical (unpaired) electrons. The van der Waals surface area contributed by atoms with Gasteiger partial charge in [0.1, 0.15) is 12.6 Å². The second-order valence-electron chi connectivity index (χ2n) is 2.38. The zero-order chi connectivity index (χ0) is 8.81. The van der Waals surface area contributed by atoms with Crippen LogP contribution in [0.2, 0.25) is 0 Å². The van der Waals surface area contributed by atoms with Gasteiger partial charge < -0.3 is 9.47 Å². The molecule has 1 aromatic rings. The van der Waals surface area contributed by atoms with Gasteiger partial charge in [-0.2, -0.15) is 0 Å². The number of hydrogen-bond donors (Lipinski definition) is 0. The molecular formula is C9H11FO2. The predicted octanol–water partition coefficient (Wildman–Crippen LogP) is 1.95. The Bertz CT molecular complexity index is 220. The number of hydrogen-bond acceptors (Lipinski definition) is 2. The zero-order valence-electron chi connectivity index (χ0n) is 6.92. The average molecular weight is 170 g/mol. The molecule has 0 unspecified atom stereocenters. The molecular weight excluding hydrogens is 159 g/mol. The monoisotopic (exact) mass is 170 g/mol. The minimum atomic E-state index is -0.231. The molecule has 0 amide bonds. The van der Waals surface area contributed by atoms with Crippen molar-refractivity contribution in [1.82, 2.24) is 0 Å². The maximum Gasteiger partial charge on any atom is 0.146 e. The van der Waals surface area contributed by atoms with E-state index in [1.165, 1.54) is 12.1 Å². The Labute approximate surface area is 70.9 Å². The van der Waals surface area contributed by atoms with E-state index in [0.29, 0.717) is 6.61 Å². The van der Waals surface area contributed by atoms with E-state index in [2.05, 4.69) is 0 Å². The van der Waals surface area contributed by atoms with Crippen LogP contribution in [0.4, 0.5) is 4.39 Å². The normalized spacial score (nSPS) is 10.2. The molecule has 0 N–H and O–H groups in total. The number of ether oxygens (including phenoxy) is 2. The van der Waals surface area contributed by atoms with Crippen molar-refractivity contribution in [2.24, 2.45) is 0 Å². The summed E-state index contributed by atoms with van der Waals surface area (Å²) in [5.74, 6) is -0.231. The topological polar surface area (TPSA) is 18.5 Å². The Hall–Kier alpha value is -0.930. The van der Waals surface area contributed by atoms with Crippen LogP contribution in [0.15, 0.2) is 24.3 Å². The maximum atomic E-state index is 12.4. The number of rotatable bonds is 4. The lowest BCUT2D eigenvalue weighted by Crippen LogP contribution is -1.96. The minimum absolute atomic E-state index is 0.231. The lowest BCUT2D eigenvalue weighted by molar-refractivity contribution is -0.0390. The molecule has 1 rings (SSSR count). The number of benzene rings is 1. The van der Waals surface area contributed by atoms with Crippen molar-refractivity contribution < 1.29 is 13.9 Å². The van der Waals surface area contributed by atoms with E-state index >= 15 is 0 Å². The van der Waals surface area contributed by atoms with Gasteiger partial charge in [0.05, 0.1) is 6.61 Å². The fourth-order valence-corrected chi connectivity index (χ4v) is 0.823. The van der Waals surface area contributed by atoms with E-state index in [1.54, 1.807) is 19.2 Å². The van der Waals surface area contributed by atoms with Gasteiger partial charge in [-0.15, -0.1) is 0 Å². The van der Waals surface area contributed by atoms with Crippen LogP contribution in [0.1, 0.15) is 5.56 Å². The summed E-state index contributed by atoms with van der Waals surface area (Å²) in [6.45, 7) is 0.714. The van der Waals surface area contributed by atoms with Gasteiger partial charge in [-0.25, -0.2) is 4.39 Å². The molecule has 0 aromatic heterocycles. The van der Waals surface area contributed by atoms with Crippen LogP contribution in [0.5, 0.6) is 0 Å². The number of methoxy groups -OCH3 is 1. The van der Waals surface area contributed by atoms with Crippen molar-refractivity contribution in [3.05, 3.63) is 35.6 Å². The van der Waals surface area contributed by atoms with Crippen molar-refractivity contribution in [3.63, 3.8) is 0 Å². The van der Waals surface area contributed by atoms with Gasteiger partial charge in [0, 0.05) is 7.11 Å². The third-order valence-electron chi connectivity index (χ3n) is 1.38. The van der Waals surface area contributed by atoms with Crippen LogP contribution in [0.3, 0.4) is 0 Å². The Kier molecular flexibility index (Phi) is 3.70. The summed E-state index contributed by atoms with van der Waals surface area (Å²) in [6, 6.07) is 6.19. The van der Waals surface area contributed by atoms with E-state index < -0.39 is 0 Å². The van der Waals surface area contributed by atoms with E-state index in [4.69, 9.17) is 9.47 Å². The molecule has 2 nitrogen and oxygen atoms in total. The van der Waals surface area contributed by atoms with E-state index in [-0.39, 0.29) is 12.6 Å². The fourth-order valence-electron chi connectivity index (χ4n) is 0.823. The SMILES string of the molecule is COCOCc1ccc(F)cc1. The molecule has 0 aliphatic carbocycles. The highest BCUT2D eigenvalue weighted by molar-refractivity contribution is 5.14. The molecule has 0 aliphatic heterocycles. The van der Waals surface area contributed by atoms with Crippen molar-refractivity contribution in [3.8, 4) is 0 Å². The highest BCUT2D eigenvalue weighted by atomic mass is 19.1. The molecule has 12 heavy (non-hydrogen) atoms. The van der Waals surface area contributed by atoms with Gasteiger partial charge in [-0.3, -0.25) is 0 Å². The molecule has 0 saturated heterocycles. The third-order valence-corrected chi connectivity index (χ3v) is 1.38. The van der Waals surface area contributed by atoms with Crippen molar-refractivity contribution in [2.45, 2.75) is 6.61 Å². The van der Waals surface area contributed by atoms with E-state index in [9.17, 15) is 4.39 Å². The van der Waals surface area contributed by atoms with Gasteiger partial charge in [-0.05, 0) is 17.7 Å². The lowest BCUT2D eigenvalue weighted by atomic mass is 10.2. The molecule has 0 aliphatic rings. The Morgan fingerprint density at radius 2 is 1.92 bits per heavy atom. The first-order chi connectivity index (χ1) is 5.83. The smallest absolute Gasteiger partial charge is 0.146 e. The summed E-state index contributed by atoms with van der Waals surface area (Å²) in [5, 5.41) is 0. The molecule has 0 atom stereocenters. The summed E-state index contributed by atoms with van der Waals surface area (Å²) < 4.78 is 22.2. The van der Waals surface area contributed by atoms with Crippen LogP contribution in [0.25, 0.3) is 0 Å². The van der Waals surface area contributed by atoms with Gasteiger partial charge in [0.15, 0.2) is 0 Å². The quantitative estimate of drug-likeness (QED) is 0.508. The highest BCUT2D eigenvalue weighted by Crippen LogP contribution is 2.03. The van der Waals surface area contributed by atoms with Crippen LogP contribution < -0.4 is 0 Å².